The lowest BCUT2D eigenvalue weighted by Crippen LogP contribution is -1.89. The minimum absolute atomic E-state index is 0.841. The second kappa shape index (κ2) is 9.01. The maximum absolute atomic E-state index is 5.51. The van der Waals surface area contributed by atoms with E-state index in [9.17, 15) is 0 Å². The second-order valence-corrected chi connectivity index (χ2v) is 7.46. The molecule has 23 heavy (non-hydrogen) atoms. The molecule has 0 amide bonds. The summed E-state index contributed by atoms with van der Waals surface area (Å²) in [4.78, 5) is 4.29. The smallest absolute Gasteiger partial charge is 0.133 e. The first kappa shape index (κ1) is 17.9. The molecule has 0 saturated carbocycles. The molecule has 2 rings (SSSR count). The van der Waals surface area contributed by atoms with Gasteiger partial charge in [-0.2, -0.15) is 0 Å². The molecule has 5 heteroatoms. The zero-order chi connectivity index (χ0) is 16.7. The van der Waals surface area contributed by atoms with Gasteiger partial charge in [-0.25, -0.2) is 0 Å². The lowest BCUT2D eigenvalue weighted by molar-refractivity contribution is 0.401. The average Bonchev–Trinajstić information content (AvgIpc) is 2.57. The third kappa shape index (κ3) is 4.77. The van der Waals surface area contributed by atoms with Gasteiger partial charge in [0.25, 0.3) is 0 Å². The Kier molecular flexibility index (Phi) is 7.02. The van der Waals surface area contributed by atoms with E-state index < -0.39 is 0 Å². The van der Waals surface area contributed by atoms with Gasteiger partial charge in [-0.05, 0) is 47.2 Å². The topological polar surface area (TPSA) is 18.5 Å². The average molecular weight is 363 g/mol. The van der Waals surface area contributed by atoms with Crippen molar-refractivity contribution in [2.75, 3.05) is 14.2 Å². The fourth-order valence-corrected chi connectivity index (χ4v) is 3.95. The number of ether oxygens (including phenoxy) is 2. The molecule has 0 heterocycles. The van der Waals surface area contributed by atoms with Gasteiger partial charge in [0.15, 0.2) is 0 Å². The Labute approximate surface area is 150 Å². The summed E-state index contributed by atoms with van der Waals surface area (Å²) in [6, 6.07) is 12.3. The van der Waals surface area contributed by atoms with Crippen LogP contribution in [-0.2, 0) is 0 Å². The predicted molar refractivity (Wildman–Crippen MR) is 102 cm³/mol. The minimum atomic E-state index is 0.841. The molecule has 0 saturated heterocycles. The van der Waals surface area contributed by atoms with Gasteiger partial charge in [0.2, 0.25) is 0 Å². The highest BCUT2D eigenvalue weighted by Gasteiger charge is 2.11. The summed E-state index contributed by atoms with van der Waals surface area (Å²) in [7, 11) is 3.37. The Morgan fingerprint density at radius 3 is 1.57 bits per heavy atom. The third-order valence-electron chi connectivity index (χ3n) is 2.93. The van der Waals surface area contributed by atoms with Crippen molar-refractivity contribution in [3.05, 3.63) is 60.4 Å². The number of rotatable bonds is 8. The van der Waals surface area contributed by atoms with Gasteiger partial charge in [-0.15, -0.1) is 0 Å². The standard InChI is InChI=1S/C18H18O2S3/c1-5-21-13-7-9-17(15(11-13)19-3)23-18-10-8-14(22-6-2)12-16(18)20-4/h5-12H,1-2H2,3-4H3. The number of benzene rings is 2. The molecule has 2 aromatic rings. The number of methoxy groups -OCH3 is 2. The maximum Gasteiger partial charge on any atom is 0.133 e. The molecule has 0 aliphatic carbocycles. The minimum Gasteiger partial charge on any atom is -0.496 e. The van der Waals surface area contributed by atoms with Crippen LogP contribution >= 0.6 is 35.3 Å². The van der Waals surface area contributed by atoms with Crippen molar-refractivity contribution < 1.29 is 9.47 Å². The highest BCUT2D eigenvalue weighted by Crippen LogP contribution is 2.42. The number of hydrogen-bond acceptors (Lipinski definition) is 5. The fraction of sp³-hybridized carbons (Fsp3) is 0.111. The zero-order valence-corrected chi connectivity index (χ0v) is 15.5. The van der Waals surface area contributed by atoms with Gasteiger partial charge in [0.05, 0.1) is 24.0 Å². The number of thioether (sulfide) groups is 2. The van der Waals surface area contributed by atoms with Crippen LogP contribution in [0.25, 0.3) is 0 Å². The van der Waals surface area contributed by atoms with Crippen molar-refractivity contribution >= 4 is 35.3 Å². The normalized spacial score (nSPS) is 10.2. The van der Waals surface area contributed by atoms with E-state index in [0.29, 0.717) is 0 Å². The Balaban J connectivity index is 2.30. The highest BCUT2D eigenvalue weighted by molar-refractivity contribution is 8.02. The first-order chi connectivity index (χ1) is 11.2. The van der Waals surface area contributed by atoms with Crippen molar-refractivity contribution in [2.24, 2.45) is 0 Å². The summed E-state index contributed by atoms with van der Waals surface area (Å²) < 4.78 is 11.0. The van der Waals surface area contributed by atoms with Crippen molar-refractivity contribution in [3.63, 3.8) is 0 Å². The van der Waals surface area contributed by atoms with E-state index in [1.807, 2.05) is 12.1 Å². The summed E-state index contributed by atoms with van der Waals surface area (Å²) in [5.74, 6) is 1.68. The molecular weight excluding hydrogens is 344 g/mol. The van der Waals surface area contributed by atoms with Crippen molar-refractivity contribution in [1.82, 2.24) is 0 Å². The highest BCUT2D eigenvalue weighted by atomic mass is 32.2. The SMILES string of the molecule is C=CSc1ccc(Sc2ccc(SC=C)cc2OC)c(OC)c1. The van der Waals surface area contributed by atoms with E-state index in [0.717, 1.165) is 31.1 Å². The van der Waals surface area contributed by atoms with Crippen LogP contribution in [0.5, 0.6) is 11.5 Å². The maximum atomic E-state index is 5.51. The molecule has 0 N–H and O–H groups in total. The zero-order valence-electron chi connectivity index (χ0n) is 13.1. The van der Waals surface area contributed by atoms with E-state index in [2.05, 4.69) is 37.4 Å². The van der Waals surface area contributed by atoms with Crippen LogP contribution in [0.1, 0.15) is 0 Å². The van der Waals surface area contributed by atoms with Crippen molar-refractivity contribution in [1.29, 1.82) is 0 Å². The van der Waals surface area contributed by atoms with E-state index in [4.69, 9.17) is 9.47 Å². The molecule has 0 spiro atoms. The van der Waals surface area contributed by atoms with Crippen LogP contribution in [0.2, 0.25) is 0 Å². The van der Waals surface area contributed by atoms with Gasteiger partial charge in [-0.3, -0.25) is 0 Å². The first-order valence-electron chi connectivity index (χ1n) is 6.81. The summed E-state index contributed by atoms with van der Waals surface area (Å²) >= 11 is 4.77. The van der Waals surface area contributed by atoms with Crippen LogP contribution in [-0.4, -0.2) is 14.2 Å². The van der Waals surface area contributed by atoms with Crippen LogP contribution in [0.4, 0.5) is 0 Å². The molecule has 0 radical (unpaired) electrons. The van der Waals surface area contributed by atoms with Gasteiger partial charge < -0.3 is 9.47 Å². The molecule has 0 aliphatic rings. The van der Waals surface area contributed by atoms with Crippen LogP contribution in [0, 0.1) is 0 Å². The van der Waals surface area contributed by atoms with E-state index in [-0.39, 0.29) is 0 Å². The molecule has 120 valence electrons. The molecule has 0 aromatic heterocycles. The monoisotopic (exact) mass is 362 g/mol. The predicted octanol–water partition coefficient (Wildman–Crippen LogP) is 6.33. The van der Waals surface area contributed by atoms with E-state index in [1.165, 1.54) is 0 Å². The van der Waals surface area contributed by atoms with Gasteiger partial charge in [-0.1, -0.05) is 48.4 Å². The van der Waals surface area contributed by atoms with Gasteiger partial charge in [0, 0.05) is 9.79 Å². The van der Waals surface area contributed by atoms with Gasteiger partial charge in [0.1, 0.15) is 11.5 Å². The summed E-state index contributed by atoms with van der Waals surface area (Å²) in [6.45, 7) is 7.48. The fourth-order valence-electron chi connectivity index (χ4n) is 1.92. The Hall–Kier alpha value is -1.43. The lowest BCUT2D eigenvalue weighted by atomic mass is 10.3. The first-order valence-corrected chi connectivity index (χ1v) is 9.38. The summed E-state index contributed by atoms with van der Waals surface area (Å²) in [5, 5.41) is 3.61. The molecule has 2 aromatic carbocycles. The Morgan fingerprint density at radius 2 is 1.22 bits per heavy atom. The summed E-state index contributed by atoms with van der Waals surface area (Å²) in [5.41, 5.74) is 0. The molecule has 0 atom stereocenters. The van der Waals surface area contributed by atoms with Crippen LogP contribution in [0.15, 0.2) is 80.0 Å². The van der Waals surface area contributed by atoms with Crippen LogP contribution < -0.4 is 9.47 Å². The second-order valence-electron chi connectivity index (χ2n) is 4.30. The quantitative estimate of drug-likeness (QED) is 0.509. The Bertz CT molecular complexity index is 639. The third-order valence-corrected chi connectivity index (χ3v) is 5.43. The van der Waals surface area contributed by atoms with Crippen molar-refractivity contribution in [3.8, 4) is 11.5 Å². The molecular formula is C18H18O2S3. The largest absolute Gasteiger partial charge is 0.496 e. The molecule has 2 nitrogen and oxygen atoms in total. The van der Waals surface area contributed by atoms with E-state index in [1.54, 1.807) is 60.3 Å². The summed E-state index contributed by atoms with van der Waals surface area (Å²) in [6.07, 6.45) is 0. The molecule has 0 fully saturated rings. The van der Waals surface area contributed by atoms with Crippen molar-refractivity contribution in [2.45, 2.75) is 19.6 Å². The Morgan fingerprint density at radius 1 is 0.783 bits per heavy atom. The molecule has 0 aliphatic heterocycles. The lowest BCUT2D eigenvalue weighted by Gasteiger charge is -2.12. The van der Waals surface area contributed by atoms with Crippen LogP contribution in [0.3, 0.4) is 0 Å². The molecule has 0 unspecified atom stereocenters. The van der Waals surface area contributed by atoms with E-state index >= 15 is 0 Å². The van der Waals surface area contributed by atoms with Gasteiger partial charge >= 0.3 is 0 Å². The number of hydrogen-bond donors (Lipinski definition) is 0. The molecule has 0 bridgehead atoms.